The van der Waals surface area contributed by atoms with Gasteiger partial charge in [-0.1, -0.05) is 12.1 Å². The SMILES string of the molecule is CC(CCN(C)C)Nc1ccnc2c([N+](=O)[O-])cccc12. The van der Waals surface area contributed by atoms with Crippen LogP contribution in [0.1, 0.15) is 13.3 Å². The molecular formula is C15H20N4O2. The maximum Gasteiger partial charge on any atom is 0.295 e. The lowest BCUT2D eigenvalue weighted by Crippen LogP contribution is -2.23. The van der Waals surface area contributed by atoms with E-state index in [-0.39, 0.29) is 11.7 Å². The topological polar surface area (TPSA) is 71.3 Å². The van der Waals surface area contributed by atoms with E-state index >= 15 is 0 Å². The van der Waals surface area contributed by atoms with Crippen LogP contribution in [-0.4, -0.2) is 41.5 Å². The predicted molar refractivity (Wildman–Crippen MR) is 84.7 cm³/mol. The maximum absolute atomic E-state index is 11.1. The van der Waals surface area contributed by atoms with Crippen molar-refractivity contribution in [2.75, 3.05) is 26.0 Å². The summed E-state index contributed by atoms with van der Waals surface area (Å²) in [7, 11) is 4.08. The summed E-state index contributed by atoms with van der Waals surface area (Å²) in [4.78, 5) is 17.0. The van der Waals surface area contributed by atoms with Gasteiger partial charge in [-0.2, -0.15) is 0 Å². The highest BCUT2D eigenvalue weighted by Gasteiger charge is 2.15. The summed E-state index contributed by atoms with van der Waals surface area (Å²) in [6.45, 7) is 3.09. The van der Waals surface area contributed by atoms with Gasteiger partial charge in [0.25, 0.3) is 5.69 Å². The monoisotopic (exact) mass is 288 g/mol. The number of nitro groups is 1. The van der Waals surface area contributed by atoms with Gasteiger partial charge >= 0.3 is 0 Å². The van der Waals surface area contributed by atoms with Gasteiger partial charge in [-0.3, -0.25) is 10.1 Å². The fourth-order valence-corrected chi connectivity index (χ4v) is 2.22. The Bertz CT molecular complexity index is 643. The van der Waals surface area contributed by atoms with Crippen molar-refractivity contribution >= 4 is 22.3 Å². The summed E-state index contributed by atoms with van der Waals surface area (Å²) >= 11 is 0. The lowest BCUT2D eigenvalue weighted by molar-refractivity contribution is -0.383. The molecule has 0 fully saturated rings. The van der Waals surface area contributed by atoms with Gasteiger partial charge in [0.05, 0.1) is 4.92 Å². The zero-order valence-electron chi connectivity index (χ0n) is 12.5. The smallest absolute Gasteiger partial charge is 0.295 e. The van der Waals surface area contributed by atoms with Crippen LogP contribution in [0, 0.1) is 10.1 Å². The lowest BCUT2D eigenvalue weighted by Gasteiger charge is -2.18. The average Bonchev–Trinajstić information content (AvgIpc) is 2.44. The molecular weight excluding hydrogens is 268 g/mol. The molecule has 6 heteroatoms. The first-order valence-corrected chi connectivity index (χ1v) is 6.92. The molecule has 1 aromatic carbocycles. The van der Waals surface area contributed by atoms with Crippen molar-refractivity contribution in [3.8, 4) is 0 Å². The molecule has 1 aromatic heterocycles. The highest BCUT2D eigenvalue weighted by Crippen LogP contribution is 2.29. The van der Waals surface area contributed by atoms with Crippen LogP contribution in [0.4, 0.5) is 11.4 Å². The molecule has 0 amide bonds. The van der Waals surface area contributed by atoms with E-state index < -0.39 is 4.92 Å². The van der Waals surface area contributed by atoms with E-state index in [9.17, 15) is 10.1 Å². The molecule has 112 valence electrons. The van der Waals surface area contributed by atoms with E-state index in [1.165, 1.54) is 6.07 Å². The number of anilines is 1. The summed E-state index contributed by atoms with van der Waals surface area (Å²) in [6.07, 6.45) is 2.60. The number of non-ortho nitro benzene ring substituents is 1. The number of nitrogens with zero attached hydrogens (tertiary/aromatic N) is 3. The van der Waals surface area contributed by atoms with Crippen LogP contribution in [0.2, 0.25) is 0 Å². The molecule has 2 rings (SSSR count). The van der Waals surface area contributed by atoms with E-state index in [1.807, 2.05) is 26.2 Å². The molecule has 0 bridgehead atoms. The number of nitrogens with one attached hydrogen (secondary N) is 1. The highest BCUT2D eigenvalue weighted by molar-refractivity contribution is 5.96. The third-order valence-electron chi connectivity index (χ3n) is 3.36. The molecule has 21 heavy (non-hydrogen) atoms. The van der Waals surface area contributed by atoms with E-state index in [0.29, 0.717) is 5.52 Å². The Kier molecular flexibility index (Phi) is 4.70. The number of benzene rings is 1. The molecule has 0 saturated carbocycles. The van der Waals surface area contributed by atoms with Gasteiger partial charge in [0.1, 0.15) is 5.52 Å². The molecule has 0 aliphatic carbocycles. The second kappa shape index (κ2) is 6.49. The van der Waals surface area contributed by atoms with Crippen molar-refractivity contribution in [2.45, 2.75) is 19.4 Å². The fourth-order valence-electron chi connectivity index (χ4n) is 2.22. The molecule has 1 atom stereocenters. The summed E-state index contributed by atoms with van der Waals surface area (Å²) in [5.41, 5.74) is 1.35. The number of para-hydroxylation sites is 1. The Hall–Kier alpha value is -2.21. The van der Waals surface area contributed by atoms with Crippen LogP contribution < -0.4 is 5.32 Å². The normalized spacial score (nSPS) is 12.6. The molecule has 1 N–H and O–H groups in total. The Morgan fingerprint density at radius 3 is 2.81 bits per heavy atom. The Labute approximate surface area is 123 Å². The van der Waals surface area contributed by atoms with Crippen molar-refractivity contribution in [2.24, 2.45) is 0 Å². The Morgan fingerprint density at radius 1 is 1.38 bits per heavy atom. The van der Waals surface area contributed by atoms with Crippen LogP contribution in [0.3, 0.4) is 0 Å². The van der Waals surface area contributed by atoms with Crippen molar-refractivity contribution in [3.05, 3.63) is 40.6 Å². The van der Waals surface area contributed by atoms with Crippen LogP contribution >= 0.6 is 0 Å². The first-order chi connectivity index (χ1) is 9.99. The van der Waals surface area contributed by atoms with Crippen LogP contribution in [0.5, 0.6) is 0 Å². The summed E-state index contributed by atoms with van der Waals surface area (Å²) < 4.78 is 0. The summed E-state index contributed by atoms with van der Waals surface area (Å²) in [6, 6.07) is 7.17. The maximum atomic E-state index is 11.1. The zero-order chi connectivity index (χ0) is 15.4. The van der Waals surface area contributed by atoms with E-state index in [4.69, 9.17) is 0 Å². The minimum atomic E-state index is -0.394. The van der Waals surface area contributed by atoms with Gasteiger partial charge in [-0.25, -0.2) is 4.98 Å². The second-order valence-corrected chi connectivity index (χ2v) is 5.43. The van der Waals surface area contributed by atoms with Crippen LogP contribution in [0.25, 0.3) is 10.9 Å². The summed E-state index contributed by atoms with van der Waals surface area (Å²) in [5.74, 6) is 0. The lowest BCUT2D eigenvalue weighted by atomic mass is 10.1. The molecule has 0 spiro atoms. The van der Waals surface area contributed by atoms with Gasteiger partial charge in [-0.05, 0) is 40.1 Å². The molecule has 0 radical (unpaired) electrons. The predicted octanol–water partition coefficient (Wildman–Crippen LogP) is 2.90. The minimum Gasteiger partial charge on any atom is -0.382 e. The third-order valence-corrected chi connectivity index (χ3v) is 3.36. The number of pyridine rings is 1. The number of rotatable bonds is 6. The van der Waals surface area contributed by atoms with E-state index in [2.05, 4.69) is 22.1 Å². The van der Waals surface area contributed by atoms with Gasteiger partial charge < -0.3 is 10.2 Å². The molecule has 0 aliphatic rings. The Morgan fingerprint density at radius 2 is 2.14 bits per heavy atom. The molecule has 1 unspecified atom stereocenters. The first-order valence-electron chi connectivity index (χ1n) is 6.92. The molecule has 2 aromatic rings. The average molecular weight is 288 g/mol. The van der Waals surface area contributed by atoms with Gasteiger partial charge in [0.15, 0.2) is 0 Å². The number of hydrogen-bond acceptors (Lipinski definition) is 5. The van der Waals surface area contributed by atoms with Gasteiger partial charge in [0.2, 0.25) is 0 Å². The van der Waals surface area contributed by atoms with E-state index in [1.54, 1.807) is 12.3 Å². The number of hydrogen-bond donors (Lipinski definition) is 1. The molecule has 6 nitrogen and oxygen atoms in total. The number of fused-ring (bicyclic) bond motifs is 1. The fraction of sp³-hybridized carbons (Fsp3) is 0.400. The summed E-state index contributed by atoms with van der Waals surface area (Å²) in [5, 5.41) is 15.3. The van der Waals surface area contributed by atoms with Crippen molar-refractivity contribution < 1.29 is 4.92 Å². The highest BCUT2D eigenvalue weighted by atomic mass is 16.6. The van der Waals surface area contributed by atoms with Crippen molar-refractivity contribution in [3.63, 3.8) is 0 Å². The van der Waals surface area contributed by atoms with E-state index in [0.717, 1.165) is 24.0 Å². The first kappa shape index (κ1) is 15.2. The van der Waals surface area contributed by atoms with Crippen LogP contribution in [0.15, 0.2) is 30.5 Å². The standard InChI is InChI=1S/C15H20N4O2/c1-11(8-10-18(2)3)17-13-7-9-16-15-12(13)5-4-6-14(15)19(20)21/h4-7,9,11H,8,10H2,1-3H3,(H,16,17). The van der Waals surface area contributed by atoms with Crippen molar-refractivity contribution in [1.29, 1.82) is 0 Å². The zero-order valence-corrected chi connectivity index (χ0v) is 12.5. The minimum absolute atomic E-state index is 0.0390. The molecule has 0 saturated heterocycles. The van der Waals surface area contributed by atoms with Gasteiger partial charge in [0, 0.05) is 29.4 Å². The molecule has 1 heterocycles. The quantitative estimate of drug-likeness (QED) is 0.653. The van der Waals surface area contributed by atoms with Crippen molar-refractivity contribution in [1.82, 2.24) is 9.88 Å². The van der Waals surface area contributed by atoms with Crippen LogP contribution in [-0.2, 0) is 0 Å². The molecule has 0 aliphatic heterocycles. The largest absolute Gasteiger partial charge is 0.382 e. The third kappa shape index (κ3) is 3.66. The number of aromatic nitrogens is 1. The Balaban J connectivity index is 2.28. The van der Waals surface area contributed by atoms with Gasteiger partial charge in [-0.15, -0.1) is 0 Å². The second-order valence-electron chi connectivity index (χ2n) is 5.43. The number of nitro benzene ring substituents is 1.